The van der Waals surface area contributed by atoms with Crippen LogP contribution in [-0.2, 0) is 14.8 Å². The first-order chi connectivity index (χ1) is 14.2. The number of thiocarbonyl (C=S) groups is 1. The number of amides is 1. The summed E-state index contributed by atoms with van der Waals surface area (Å²) in [6, 6.07) is 4.69. The number of furan rings is 1. The number of nitrogens with one attached hydrogen (secondary N) is 2. The maximum Gasteiger partial charge on any atom is 0.263 e. The van der Waals surface area contributed by atoms with Gasteiger partial charge in [0.05, 0.1) is 15.0 Å². The number of fused-ring (bicyclic) bond motifs is 1. The van der Waals surface area contributed by atoms with Gasteiger partial charge in [0.25, 0.3) is 5.91 Å². The quantitative estimate of drug-likeness (QED) is 0.409. The Kier molecular flexibility index (Phi) is 5.64. The highest BCUT2D eigenvalue weighted by atomic mass is 35.5. The molecule has 1 fully saturated rings. The molecular formula is C18H11Cl2N3O4S3. The van der Waals surface area contributed by atoms with Gasteiger partial charge < -0.3 is 9.73 Å². The van der Waals surface area contributed by atoms with Crippen molar-refractivity contribution in [1.29, 1.82) is 0 Å². The Morgan fingerprint density at radius 1 is 1.23 bits per heavy atom. The molecule has 0 radical (unpaired) electrons. The van der Waals surface area contributed by atoms with E-state index in [0.717, 1.165) is 11.8 Å². The van der Waals surface area contributed by atoms with Gasteiger partial charge in [0.15, 0.2) is 0 Å². The van der Waals surface area contributed by atoms with E-state index in [1.807, 2.05) is 0 Å². The fourth-order valence-corrected chi connectivity index (χ4v) is 5.84. The molecule has 0 spiro atoms. The molecule has 1 aliphatic rings. The predicted octanol–water partition coefficient (Wildman–Crippen LogP) is 4.20. The summed E-state index contributed by atoms with van der Waals surface area (Å²) >= 11 is 18.6. The first kappa shape index (κ1) is 21.3. The van der Waals surface area contributed by atoms with E-state index in [4.69, 9.17) is 39.8 Å². The summed E-state index contributed by atoms with van der Waals surface area (Å²) in [5.74, 6) is 0.150. The third kappa shape index (κ3) is 3.86. The van der Waals surface area contributed by atoms with E-state index < -0.39 is 10.0 Å². The standard InChI is InChI=1S/C18H11Cl2N3O4S3/c1-21-30(25,26)16-12(19)3-8(4-13(16)20)11-7-22-6-9-2-10(27-15(9)11)5-14-17(24)23-18(28)29-14/h2-7,21H,1H3,(H,23,24,28)/b14-5-. The van der Waals surface area contributed by atoms with Crippen molar-refractivity contribution >= 4 is 84.5 Å². The molecule has 4 rings (SSSR count). The van der Waals surface area contributed by atoms with Crippen LogP contribution in [0.2, 0.25) is 10.0 Å². The fourth-order valence-electron chi connectivity index (χ4n) is 2.88. The minimum Gasteiger partial charge on any atom is -0.456 e. The highest BCUT2D eigenvalue weighted by molar-refractivity contribution is 8.26. The zero-order chi connectivity index (χ0) is 21.6. The summed E-state index contributed by atoms with van der Waals surface area (Å²) in [5, 5.41) is 3.15. The highest BCUT2D eigenvalue weighted by Crippen LogP contribution is 2.38. The van der Waals surface area contributed by atoms with Crippen molar-refractivity contribution in [3.63, 3.8) is 0 Å². The number of hydrogen-bond acceptors (Lipinski definition) is 7. The summed E-state index contributed by atoms with van der Waals surface area (Å²) < 4.78 is 32.8. The molecule has 0 bridgehead atoms. The molecule has 30 heavy (non-hydrogen) atoms. The van der Waals surface area contributed by atoms with Crippen LogP contribution in [0.1, 0.15) is 5.76 Å². The van der Waals surface area contributed by atoms with E-state index in [0.29, 0.717) is 37.1 Å². The van der Waals surface area contributed by atoms with E-state index >= 15 is 0 Å². The van der Waals surface area contributed by atoms with E-state index in [-0.39, 0.29) is 20.8 Å². The molecule has 0 atom stereocenters. The number of carbonyl (C=O) groups is 1. The van der Waals surface area contributed by atoms with Crippen molar-refractivity contribution in [3.05, 3.63) is 51.3 Å². The Labute approximate surface area is 190 Å². The van der Waals surface area contributed by atoms with Gasteiger partial charge >= 0.3 is 0 Å². The minimum atomic E-state index is -3.83. The number of pyridine rings is 1. The van der Waals surface area contributed by atoms with Crippen LogP contribution in [0.15, 0.2) is 44.8 Å². The van der Waals surface area contributed by atoms with Crippen LogP contribution in [0.3, 0.4) is 0 Å². The number of rotatable bonds is 4. The summed E-state index contributed by atoms with van der Waals surface area (Å²) in [5.41, 5.74) is 1.58. The van der Waals surface area contributed by atoms with Gasteiger partial charge in [0.2, 0.25) is 10.0 Å². The lowest BCUT2D eigenvalue weighted by Gasteiger charge is -2.10. The Hall–Kier alpha value is -1.95. The number of benzene rings is 1. The first-order valence-corrected chi connectivity index (χ1v) is 11.7. The van der Waals surface area contributed by atoms with Gasteiger partial charge in [-0.1, -0.05) is 47.2 Å². The molecule has 2 aromatic heterocycles. The van der Waals surface area contributed by atoms with Crippen LogP contribution < -0.4 is 10.0 Å². The fraction of sp³-hybridized carbons (Fsp3) is 0.0556. The lowest BCUT2D eigenvalue weighted by Crippen LogP contribution is -2.19. The molecule has 1 amide bonds. The van der Waals surface area contributed by atoms with Crippen molar-refractivity contribution in [3.8, 4) is 11.1 Å². The third-order valence-corrected chi connectivity index (χ3v) is 7.70. The molecule has 1 aliphatic heterocycles. The number of halogens is 2. The van der Waals surface area contributed by atoms with Gasteiger partial charge in [0.1, 0.15) is 20.6 Å². The van der Waals surface area contributed by atoms with Gasteiger partial charge in [-0.15, -0.1) is 0 Å². The number of nitrogens with zero attached hydrogens (tertiary/aromatic N) is 1. The number of hydrogen-bond donors (Lipinski definition) is 2. The summed E-state index contributed by atoms with van der Waals surface area (Å²) in [6.07, 6.45) is 4.76. The van der Waals surface area contributed by atoms with Crippen LogP contribution >= 0.6 is 47.2 Å². The second-order valence-electron chi connectivity index (χ2n) is 6.08. The molecule has 0 saturated carbocycles. The Morgan fingerprint density at radius 2 is 1.93 bits per heavy atom. The minimum absolute atomic E-state index is 0.0368. The second-order valence-corrected chi connectivity index (χ2v) is 10.4. The topological polar surface area (TPSA) is 101 Å². The lowest BCUT2D eigenvalue weighted by molar-refractivity contribution is -0.115. The van der Waals surface area contributed by atoms with Gasteiger partial charge in [-0.2, -0.15) is 0 Å². The Balaban J connectivity index is 1.83. The number of carbonyl (C=O) groups excluding carboxylic acids is 1. The Morgan fingerprint density at radius 3 is 2.53 bits per heavy atom. The Bertz CT molecular complexity index is 1340. The summed E-state index contributed by atoms with van der Waals surface area (Å²) in [7, 11) is -2.56. The van der Waals surface area contributed by atoms with Crippen LogP contribution in [-0.4, -0.2) is 30.7 Å². The third-order valence-electron chi connectivity index (χ3n) is 4.20. The van der Waals surface area contributed by atoms with Crippen molar-refractivity contribution in [2.24, 2.45) is 0 Å². The largest absolute Gasteiger partial charge is 0.456 e. The average molecular weight is 500 g/mol. The molecule has 7 nitrogen and oxygen atoms in total. The van der Waals surface area contributed by atoms with Crippen LogP contribution in [0.4, 0.5) is 0 Å². The summed E-state index contributed by atoms with van der Waals surface area (Å²) in [6.45, 7) is 0. The van der Waals surface area contributed by atoms with E-state index in [1.54, 1.807) is 24.5 Å². The van der Waals surface area contributed by atoms with Crippen LogP contribution in [0.5, 0.6) is 0 Å². The highest BCUT2D eigenvalue weighted by Gasteiger charge is 2.24. The van der Waals surface area contributed by atoms with E-state index in [9.17, 15) is 13.2 Å². The van der Waals surface area contributed by atoms with Crippen LogP contribution in [0, 0.1) is 0 Å². The molecule has 1 saturated heterocycles. The normalized spacial score (nSPS) is 15.9. The molecule has 2 N–H and O–H groups in total. The molecule has 154 valence electrons. The number of sulfonamides is 1. The average Bonchev–Trinajstić information content (AvgIpc) is 3.22. The SMILES string of the molecule is CNS(=O)(=O)c1c(Cl)cc(-c2cncc3cc(/C=C4\SC(=S)NC4=O)oc23)cc1Cl. The molecule has 3 aromatic rings. The monoisotopic (exact) mass is 499 g/mol. The summed E-state index contributed by atoms with van der Waals surface area (Å²) in [4.78, 5) is 16.3. The van der Waals surface area contributed by atoms with Crippen molar-refractivity contribution in [1.82, 2.24) is 15.0 Å². The molecular weight excluding hydrogens is 489 g/mol. The zero-order valence-corrected chi connectivity index (χ0v) is 19.0. The molecule has 12 heteroatoms. The molecule has 0 aliphatic carbocycles. The molecule has 1 aromatic carbocycles. The van der Waals surface area contributed by atoms with Crippen molar-refractivity contribution in [2.45, 2.75) is 4.90 Å². The van der Waals surface area contributed by atoms with Gasteiger partial charge in [0, 0.05) is 29.4 Å². The zero-order valence-electron chi connectivity index (χ0n) is 15.0. The van der Waals surface area contributed by atoms with Gasteiger partial charge in [-0.3, -0.25) is 9.78 Å². The lowest BCUT2D eigenvalue weighted by atomic mass is 10.1. The van der Waals surface area contributed by atoms with Crippen molar-refractivity contribution in [2.75, 3.05) is 7.05 Å². The number of aromatic nitrogens is 1. The molecule has 3 heterocycles. The van der Waals surface area contributed by atoms with Gasteiger partial charge in [-0.25, -0.2) is 13.1 Å². The molecule has 0 unspecified atom stereocenters. The van der Waals surface area contributed by atoms with Gasteiger partial charge in [-0.05, 0) is 30.8 Å². The second kappa shape index (κ2) is 7.95. The smallest absolute Gasteiger partial charge is 0.263 e. The first-order valence-electron chi connectivity index (χ1n) is 8.25. The number of thioether (sulfide) groups is 1. The predicted molar refractivity (Wildman–Crippen MR) is 122 cm³/mol. The maximum atomic E-state index is 12.2. The maximum absolute atomic E-state index is 12.2. The van der Waals surface area contributed by atoms with E-state index in [2.05, 4.69) is 15.0 Å². The van der Waals surface area contributed by atoms with Crippen molar-refractivity contribution < 1.29 is 17.6 Å². The van der Waals surface area contributed by atoms with E-state index in [1.165, 1.54) is 19.2 Å². The van der Waals surface area contributed by atoms with Crippen LogP contribution in [0.25, 0.3) is 28.2 Å².